The largest absolute Gasteiger partial charge is 0.382 e. The molecule has 3 rings (SSSR count). The summed E-state index contributed by atoms with van der Waals surface area (Å²) in [5.41, 5.74) is 1.05. The molecule has 1 aliphatic heterocycles. The van der Waals surface area contributed by atoms with Crippen LogP contribution in [-0.4, -0.2) is 54.4 Å². The van der Waals surface area contributed by atoms with Gasteiger partial charge in [-0.2, -0.15) is 5.10 Å². The highest BCUT2D eigenvalue weighted by atomic mass is 16.3. The fourth-order valence-corrected chi connectivity index (χ4v) is 3.26. The Kier molecular flexibility index (Phi) is 5.01. The molecule has 24 heavy (non-hydrogen) atoms. The minimum Gasteiger partial charge on any atom is -0.382 e. The normalized spacial score (nSPS) is 22.4. The number of aromatic nitrogens is 5. The first-order valence-electron chi connectivity index (χ1n) is 8.88. The smallest absolute Gasteiger partial charge is 0.123 e. The number of nitrogens with zero attached hydrogens (tertiary/aromatic N) is 6. The van der Waals surface area contributed by atoms with Gasteiger partial charge in [0.15, 0.2) is 0 Å². The van der Waals surface area contributed by atoms with Crippen LogP contribution in [0.2, 0.25) is 0 Å². The van der Waals surface area contributed by atoms with Crippen LogP contribution in [0.25, 0.3) is 0 Å². The molecule has 0 aromatic carbocycles. The maximum Gasteiger partial charge on any atom is 0.123 e. The maximum atomic E-state index is 11.1. The third-order valence-corrected chi connectivity index (χ3v) is 4.79. The first kappa shape index (κ1) is 17.1. The summed E-state index contributed by atoms with van der Waals surface area (Å²) < 4.78 is 3.76. The number of aryl methyl sites for hydroxylation is 1. The Morgan fingerprint density at radius 3 is 2.83 bits per heavy atom. The zero-order chi connectivity index (χ0) is 17.2. The van der Waals surface area contributed by atoms with E-state index >= 15 is 0 Å². The van der Waals surface area contributed by atoms with E-state index in [0.29, 0.717) is 12.2 Å². The summed E-state index contributed by atoms with van der Waals surface area (Å²) >= 11 is 0. The Hall–Kier alpha value is -1.73. The second-order valence-electron chi connectivity index (χ2n) is 7.04. The Bertz CT molecular complexity index is 664. The van der Waals surface area contributed by atoms with E-state index in [2.05, 4.69) is 47.3 Å². The molecular weight excluding hydrogens is 304 g/mol. The number of piperidine rings is 1. The van der Waals surface area contributed by atoms with Crippen molar-refractivity contribution in [2.45, 2.75) is 58.2 Å². The summed E-state index contributed by atoms with van der Waals surface area (Å²) in [5, 5.41) is 23.8. The lowest BCUT2D eigenvalue weighted by Crippen LogP contribution is -2.46. The maximum absolute atomic E-state index is 11.1. The predicted octanol–water partition coefficient (Wildman–Crippen LogP) is 1.60. The van der Waals surface area contributed by atoms with Crippen molar-refractivity contribution in [3.8, 4) is 0 Å². The van der Waals surface area contributed by atoms with E-state index in [-0.39, 0.29) is 6.04 Å². The van der Waals surface area contributed by atoms with Gasteiger partial charge in [0.1, 0.15) is 11.3 Å². The molecule has 2 aromatic rings. The second kappa shape index (κ2) is 7.03. The van der Waals surface area contributed by atoms with Crippen LogP contribution >= 0.6 is 0 Å². The number of aliphatic hydroxyl groups is 1. The molecular formula is C17H28N6O. The topological polar surface area (TPSA) is 72.0 Å². The lowest BCUT2D eigenvalue weighted by atomic mass is 9.90. The van der Waals surface area contributed by atoms with E-state index in [1.807, 2.05) is 21.8 Å². The molecule has 2 aromatic heterocycles. The monoisotopic (exact) mass is 332 g/mol. The minimum atomic E-state index is -0.890. The van der Waals surface area contributed by atoms with Crippen LogP contribution in [0.5, 0.6) is 0 Å². The summed E-state index contributed by atoms with van der Waals surface area (Å²) in [5.74, 6) is 0. The molecule has 3 heterocycles. The Morgan fingerprint density at radius 2 is 2.17 bits per heavy atom. The van der Waals surface area contributed by atoms with Gasteiger partial charge in [0, 0.05) is 31.9 Å². The first-order chi connectivity index (χ1) is 11.5. The van der Waals surface area contributed by atoms with E-state index in [1.165, 1.54) is 5.56 Å². The summed E-state index contributed by atoms with van der Waals surface area (Å²) in [6.07, 6.45) is 8.60. The molecule has 1 N–H and O–H groups in total. The standard InChI is InChI=1S/C17H28N6O/c1-4-22-11-15(10-18-22)6-9-21-8-5-7-17(24,13-21)16-12-23(14(2)3)20-19-16/h10-12,14,24H,4-9,13H2,1-3H3/t17-/m0/s1. The van der Waals surface area contributed by atoms with Crippen molar-refractivity contribution in [1.29, 1.82) is 0 Å². The van der Waals surface area contributed by atoms with E-state index in [9.17, 15) is 5.11 Å². The van der Waals surface area contributed by atoms with Crippen molar-refractivity contribution in [2.24, 2.45) is 0 Å². The van der Waals surface area contributed by atoms with Gasteiger partial charge in [-0.15, -0.1) is 5.10 Å². The van der Waals surface area contributed by atoms with E-state index in [4.69, 9.17) is 0 Å². The molecule has 0 unspecified atom stereocenters. The van der Waals surface area contributed by atoms with Gasteiger partial charge >= 0.3 is 0 Å². The van der Waals surface area contributed by atoms with Crippen molar-refractivity contribution < 1.29 is 5.11 Å². The lowest BCUT2D eigenvalue weighted by Gasteiger charge is -2.38. The summed E-state index contributed by atoms with van der Waals surface area (Å²) in [6, 6.07) is 0.254. The summed E-state index contributed by atoms with van der Waals surface area (Å²) in [7, 11) is 0. The SMILES string of the molecule is CCn1cc(CCN2CCC[C@@](O)(c3cn(C(C)C)nn3)C2)cn1. The average molecular weight is 332 g/mol. The van der Waals surface area contributed by atoms with Crippen molar-refractivity contribution in [1.82, 2.24) is 29.7 Å². The molecule has 1 atom stereocenters. The molecule has 0 aliphatic carbocycles. The molecule has 0 saturated carbocycles. The zero-order valence-corrected chi connectivity index (χ0v) is 14.9. The van der Waals surface area contributed by atoms with Crippen LogP contribution in [-0.2, 0) is 18.6 Å². The van der Waals surface area contributed by atoms with Crippen LogP contribution in [0.1, 0.15) is 50.9 Å². The number of hydrogen-bond acceptors (Lipinski definition) is 5. The molecule has 0 bridgehead atoms. The molecule has 0 radical (unpaired) electrons. The molecule has 1 saturated heterocycles. The molecule has 0 spiro atoms. The third-order valence-electron chi connectivity index (χ3n) is 4.79. The predicted molar refractivity (Wildman–Crippen MR) is 91.6 cm³/mol. The minimum absolute atomic E-state index is 0.254. The quantitative estimate of drug-likeness (QED) is 0.870. The van der Waals surface area contributed by atoms with Gasteiger partial charge in [0.25, 0.3) is 0 Å². The molecule has 7 nitrogen and oxygen atoms in total. The third kappa shape index (κ3) is 3.67. The van der Waals surface area contributed by atoms with Gasteiger partial charge in [-0.1, -0.05) is 5.21 Å². The Labute approximate surface area is 143 Å². The molecule has 1 fully saturated rings. The van der Waals surface area contributed by atoms with Crippen molar-refractivity contribution >= 4 is 0 Å². The lowest BCUT2D eigenvalue weighted by molar-refractivity contribution is -0.0385. The fourth-order valence-electron chi connectivity index (χ4n) is 3.26. The van der Waals surface area contributed by atoms with Crippen LogP contribution in [0.15, 0.2) is 18.6 Å². The number of hydrogen-bond donors (Lipinski definition) is 1. The van der Waals surface area contributed by atoms with E-state index in [1.54, 1.807) is 0 Å². The van der Waals surface area contributed by atoms with Crippen molar-refractivity contribution in [3.05, 3.63) is 29.8 Å². The Morgan fingerprint density at radius 1 is 1.33 bits per heavy atom. The van der Waals surface area contributed by atoms with Gasteiger partial charge in [-0.3, -0.25) is 9.58 Å². The van der Waals surface area contributed by atoms with Gasteiger partial charge in [-0.25, -0.2) is 4.68 Å². The highest BCUT2D eigenvalue weighted by Crippen LogP contribution is 2.30. The second-order valence-corrected chi connectivity index (χ2v) is 7.04. The van der Waals surface area contributed by atoms with Crippen molar-refractivity contribution in [2.75, 3.05) is 19.6 Å². The van der Waals surface area contributed by atoms with Gasteiger partial charge in [0.05, 0.1) is 12.4 Å². The van der Waals surface area contributed by atoms with Gasteiger partial charge in [0.2, 0.25) is 0 Å². The van der Waals surface area contributed by atoms with E-state index < -0.39 is 5.60 Å². The highest BCUT2D eigenvalue weighted by molar-refractivity contribution is 5.10. The summed E-state index contributed by atoms with van der Waals surface area (Å²) in [6.45, 7) is 9.67. The highest BCUT2D eigenvalue weighted by Gasteiger charge is 2.37. The van der Waals surface area contributed by atoms with Crippen LogP contribution in [0.4, 0.5) is 0 Å². The number of β-amino-alcohol motifs (C(OH)–C–C–N with tert-alkyl or cyclic N) is 1. The first-order valence-corrected chi connectivity index (χ1v) is 8.88. The van der Waals surface area contributed by atoms with Gasteiger partial charge in [-0.05, 0) is 52.1 Å². The molecule has 132 valence electrons. The number of rotatable bonds is 6. The van der Waals surface area contributed by atoms with Crippen molar-refractivity contribution in [3.63, 3.8) is 0 Å². The molecule has 0 amide bonds. The van der Waals surface area contributed by atoms with Crippen LogP contribution in [0.3, 0.4) is 0 Å². The van der Waals surface area contributed by atoms with E-state index in [0.717, 1.165) is 38.9 Å². The van der Waals surface area contributed by atoms with Crippen LogP contribution in [0, 0.1) is 0 Å². The fraction of sp³-hybridized carbons (Fsp3) is 0.706. The molecule has 7 heteroatoms. The number of likely N-dealkylation sites (tertiary alicyclic amines) is 1. The average Bonchev–Trinajstić information content (AvgIpc) is 3.22. The zero-order valence-electron chi connectivity index (χ0n) is 14.9. The van der Waals surface area contributed by atoms with Crippen LogP contribution < -0.4 is 0 Å². The summed E-state index contributed by atoms with van der Waals surface area (Å²) in [4.78, 5) is 2.32. The van der Waals surface area contributed by atoms with Gasteiger partial charge < -0.3 is 5.11 Å². The Balaban J connectivity index is 1.62. The molecule has 1 aliphatic rings.